The number of anilines is 1. The highest BCUT2D eigenvalue weighted by Crippen LogP contribution is 2.12. The number of hydrogen-bond donors (Lipinski definition) is 3. The average molecular weight is 333 g/mol. The summed E-state index contributed by atoms with van der Waals surface area (Å²) in [5.74, 6) is -0.175. The van der Waals surface area contributed by atoms with Gasteiger partial charge in [-0.15, -0.1) is 0 Å². The number of para-hydroxylation sites is 1. The first-order valence-electron chi connectivity index (χ1n) is 8.80. The van der Waals surface area contributed by atoms with Crippen LogP contribution in [0.2, 0.25) is 0 Å². The molecule has 0 aromatic heterocycles. The van der Waals surface area contributed by atoms with Gasteiger partial charge in [-0.05, 0) is 25.5 Å². The van der Waals surface area contributed by atoms with Gasteiger partial charge in [0.25, 0.3) is 5.91 Å². The molecule has 1 aliphatic heterocycles. The summed E-state index contributed by atoms with van der Waals surface area (Å²) in [5.41, 5.74) is 1.24. The lowest BCUT2D eigenvalue weighted by Gasteiger charge is -2.33. The molecule has 0 spiro atoms. The largest absolute Gasteiger partial charge is 0.360 e. The van der Waals surface area contributed by atoms with Crippen molar-refractivity contribution in [3.05, 3.63) is 30.3 Å². The third-order valence-electron chi connectivity index (χ3n) is 4.32. The molecule has 24 heavy (non-hydrogen) atoms. The fraction of sp³-hybridized carbons (Fsp3) is 0.556. The molecule has 1 aromatic carbocycles. The Morgan fingerprint density at radius 3 is 2.50 bits per heavy atom. The number of hydrogen-bond acceptors (Lipinski definition) is 3. The molecular weight excluding hydrogens is 304 g/mol. The Balaban J connectivity index is 1.71. The topological polar surface area (TPSA) is 65.9 Å². The molecule has 0 unspecified atom stereocenters. The van der Waals surface area contributed by atoms with Crippen molar-refractivity contribution in [1.82, 2.24) is 10.6 Å². The zero-order valence-corrected chi connectivity index (χ0v) is 14.7. The SMILES string of the molecule is CCCNC(=O)[C@@H](C)NC(=O)C[NH+]1CCN(c2ccccc2)CC1. The summed E-state index contributed by atoms with van der Waals surface area (Å²) in [5, 5.41) is 5.59. The van der Waals surface area contributed by atoms with E-state index in [2.05, 4.69) is 27.7 Å². The van der Waals surface area contributed by atoms with E-state index in [-0.39, 0.29) is 11.8 Å². The monoisotopic (exact) mass is 333 g/mol. The first-order valence-corrected chi connectivity index (χ1v) is 8.80. The lowest BCUT2D eigenvalue weighted by atomic mass is 10.2. The number of carbonyl (C=O) groups excluding carboxylic acids is 2. The fourth-order valence-corrected chi connectivity index (χ4v) is 2.88. The molecule has 132 valence electrons. The van der Waals surface area contributed by atoms with Gasteiger partial charge in [0.05, 0.1) is 26.2 Å². The van der Waals surface area contributed by atoms with Crippen LogP contribution in [0, 0.1) is 0 Å². The van der Waals surface area contributed by atoms with Crippen LogP contribution in [0.25, 0.3) is 0 Å². The van der Waals surface area contributed by atoms with Crippen molar-refractivity contribution in [2.24, 2.45) is 0 Å². The molecule has 0 saturated carbocycles. The highest BCUT2D eigenvalue weighted by molar-refractivity contribution is 5.87. The zero-order valence-electron chi connectivity index (χ0n) is 14.7. The van der Waals surface area contributed by atoms with Gasteiger partial charge in [0, 0.05) is 12.2 Å². The Labute approximate surface area is 144 Å². The van der Waals surface area contributed by atoms with Crippen molar-refractivity contribution in [1.29, 1.82) is 0 Å². The molecule has 1 heterocycles. The van der Waals surface area contributed by atoms with Gasteiger partial charge in [-0.3, -0.25) is 9.59 Å². The Morgan fingerprint density at radius 2 is 1.88 bits per heavy atom. The molecule has 1 fully saturated rings. The standard InChI is InChI=1S/C18H28N4O2/c1-3-9-19-18(24)15(2)20-17(23)14-21-10-12-22(13-11-21)16-7-5-4-6-8-16/h4-8,15H,3,9-14H2,1-2H3,(H,19,24)(H,20,23)/p+1/t15-/m1/s1. The Kier molecular flexibility index (Phi) is 7.06. The van der Waals surface area contributed by atoms with E-state index in [4.69, 9.17) is 0 Å². The minimum Gasteiger partial charge on any atom is -0.360 e. The second-order valence-corrected chi connectivity index (χ2v) is 6.33. The molecule has 1 aromatic rings. The summed E-state index contributed by atoms with van der Waals surface area (Å²) in [4.78, 5) is 27.5. The van der Waals surface area contributed by atoms with E-state index in [1.165, 1.54) is 10.6 Å². The number of piperazine rings is 1. The highest BCUT2D eigenvalue weighted by Gasteiger charge is 2.23. The van der Waals surface area contributed by atoms with Gasteiger partial charge in [-0.1, -0.05) is 25.1 Å². The molecule has 1 aliphatic rings. The van der Waals surface area contributed by atoms with Crippen LogP contribution < -0.4 is 20.4 Å². The van der Waals surface area contributed by atoms with Gasteiger partial charge in [0.15, 0.2) is 6.54 Å². The summed E-state index contributed by atoms with van der Waals surface area (Å²) < 4.78 is 0. The van der Waals surface area contributed by atoms with Gasteiger partial charge in [0.2, 0.25) is 5.91 Å². The minimum atomic E-state index is -0.478. The number of nitrogens with zero attached hydrogens (tertiary/aromatic N) is 1. The van der Waals surface area contributed by atoms with Crippen LogP contribution in [0.1, 0.15) is 20.3 Å². The quantitative estimate of drug-likeness (QED) is 0.626. The maximum atomic E-state index is 12.1. The van der Waals surface area contributed by atoms with Gasteiger partial charge in [-0.25, -0.2) is 0 Å². The van der Waals surface area contributed by atoms with E-state index < -0.39 is 6.04 Å². The zero-order chi connectivity index (χ0) is 17.4. The van der Waals surface area contributed by atoms with Crippen molar-refractivity contribution < 1.29 is 14.5 Å². The molecular formula is C18H29N4O2+. The van der Waals surface area contributed by atoms with Crippen LogP contribution in [0.5, 0.6) is 0 Å². The van der Waals surface area contributed by atoms with Crippen LogP contribution in [0.15, 0.2) is 30.3 Å². The van der Waals surface area contributed by atoms with E-state index in [0.717, 1.165) is 32.6 Å². The van der Waals surface area contributed by atoms with E-state index in [9.17, 15) is 9.59 Å². The smallest absolute Gasteiger partial charge is 0.275 e. The Bertz CT molecular complexity index is 527. The van der Waals surface area contributed by atoms with Gasteiger partial charge < -0.3 is 20.4 Å². The lowest BCUT2D eigenvalue weighted by molar-refractivity contribution is -0.892. The highest BCUT2D eigenvalue weighted by atomic mass is 16.2. The van der Waals surface area contributed by atoms with E-state index in [0.29, 0.717) is 13.1 Å². The number of quaternary nitrogens is 1. The second kappa shape index (κ2) is 9.27. The Hall–Kier alpha value is -2.08. The van der Waals surface area contributed by atoms with E-state index in [1.807, 2.05) is 25.1 Å². The molecule has 2 rings (SSSR count). The number of rotatable bonds is 7. The van der Waals surface area contributed by atoms with Crippen LogP contribution in [0.4, 0.5) is 5.69 Å². The summed E-state index contributed by atoms with van der Waals surface area (Å²) in [6, 6.07) is 9.88. The summed E-state index contributed by atoms with van der Waals surface area (Å²) in [6.45, 7) is 8.54. The maximum Gasteiger partial charge on any atom is 0.275 e. The van der Waals surface area contributed by atoms with Gasteiger partial charge in [0.1, 0.15) is 6.04 Å². The van der Waals surface area contributed by atoms with Crippen LogP contribution in [-0.2, 0) is 9.59 Å². The second-order valence-electron chi connectivity index (χ2n) is 6.33. The van der Waals surface area contributed by atoms with Crippen molar-refractivity contribution in [2.45, 2.75) is 26.3 Å². The molecule has 2 amide bonds. The normalized spacial score (nSPS) is 16.5. The molecule has 0 aliphatic carbocycles. The number of amides is 2. The number of benzene rings is 1. The first-order chi connectivity index (χ1) is 11.6. The fourth-order valence-electron chi connectivity index (χ4n) is 2.88. The number of nitrogens with one attached hydrogen (secondary N) is 3. The average Bonchev–Trinajstić information content (AvgIpc) is 2.61. The summed E-state index contributed by atoms with van der Waals surface area (Å²) in [6.07, 6.45) is 0.891. The van der Waals surface area contributed by atoms with E-state index in [1.54, 1.807) is 6.92 Å². The van der Waals surface area contributed by atoms with Crippen LogP contribution >= 0.6 is 0 Å². The van der Waals surface area contributed by atoms with E-state index >= 15 is 0 Å². The van der Waals surface area contributed by atoms with Crippen molar-refractivity contribution in [2.75, 3.05) is 44.2 Å². The third-order valence-corrected chi connectivity index (χ3v) is 4.32. The minimum absolute atomic E-state index is 0.0580. The molecule has 0 radical (unpaired) electrons. The molecule has 3 N–H and O–H groups in total. The molecule has 6 nitrogen and oxygen atoms in total. The molecule has 6 heteroatoms. The van der Waals surface area contributed by atoms with Crippen LogP contribution in [0.3, 0.4) is 0 Å². The predicted molar refractivity (Wildman–Crippen MR) is 95.1 cm³/mol. The lowest BCUT2D eigenvalue weighted by Crippen LogP contribution is -3.16. The van der Waals surface area contributed by atoms with Gasteiger partial charge >= 0.3 is 0 Å². The maximum absolute atomic E-state index is 12.1. The van der Waals surface area contributed by atoms with Gasteiger partial charge in [-0.2, -0.15) is 0 Å². The van der Waals surface area contributed by atoms with Crippen molar-refractivity contribution in [3.63, 3.8) is 0 Å². The first kappa shape index (κ1) is 18.3. The Morgan fingerprint density at radius 1 is 1.21 bits per heavy atom. The molecule has 1 atom stereocenters. The molecule has 0 bridgehead atoms. The predicted octanol–water partition coefficient (Wildman–Crippen LogP) is -0.578. The van der Waals surface area contributed by atoms with Crippen LogP contribution in [-0.4, -0.2) is 57.1 Å². The third kappa shape index (κ3) is 5.53. The molecule has 1 saturated heterocycles. The van der Waals surface area contributed by atoms with Crippen molar-refractivity contribution >= 4 is 17.5 Å². The summed E-state index contributed by atoms with van der Waals surface area (Å²) in [7, 11) is 0. The number of carbonyl (C=O) groups is 2. The van der Waals surface area contributed by atoms with Crippen molar-refractivity contribution in [3.8, 4) is 0 Å². The summed E-state index contributed by atoms with van der Waals surface area (Å²) >= 11 is 0.